The first kappa shape index (κ1) is 12.3. The van der Waals surface area contributed by atoms with Gasteiger partial charge in [-0.05, 0) is 35.1 Å². The van der Waals surface area contributed by atoms with Gasteiger partial charge in [0.25, 0.3) is 0 Å². The number of rotatable bonds is 1. The molecule has 1 aromatic carbocycles. The summed E-state index contributed by atoms with van der Waals surface area (Å²) in [5.41, 5.74) is 5.93. The summed E-state index contributed by atoms with van der Waals surface area (Å²) in [6.07, 6.45) is 0. The van der Waals surface area contributed by atoms with E-state index in [0.29, 0.717) is 5.92 Å². The van der Waals surface area contributed by atoms with Crippen LogP contribution in [0.4, 0.5) is 0 Å². The molecule has 1 aliphatic rings. The molecule has 1 nitrogen and oxygen atoms in total. The molecule has 0 aliphatic carbocycles. The highest BCUT2D eigenvalue weighted by atomic mass is 14.9. The Morgan fingerprint density at radius 2 is 1.60 bits per heavy atom. The number of fused-ring (bicyclic) bond motifs is 1. The predicted octanol–water partition coefficient (Wildman–Crippen LogP) is 3.75. The highest BCUT2D eigenvalue weighted by Gasteiger charge is 2.13. The molecule has 0 bridgehead atoms. The van der Waals surface area contributed by atoms with Crippen LogP contribution in [0.2, 0.25) is 0 Å². The number of hydrogen-bond acceptors (Lipinski definition) is 1. The zero-order valence-electron chi connectivity index (χ0n) is 10.6. The first-order chi connectivity index (χ1) is 7.18. The van der Waals surface area contributed by atoms with Crippen LogP contribution in [0.1, 0.15) is 55.9 Å². The highest BCUT2D eigenvalue weighted by molar-refractivity contribution is 5.41. The lowest BCUT2D eigenvalue weighted by molar-refractivity contribution is 0.764. The van der Waals surface area contributed by atoms with Crippen LogP contribution in [-0.4, -0.2) is 0 Å². The zero-order chi connectivity index (χ0) is 11.4. The van der Waals surface area contributed by atoms with E-state index in [1.165, 1.54) is 22.3 Å². The third kappa shape index (κ3) is 2.60. The van der Waals surface area contributed by atoms with E-state index in [9.17, 15) is 0 Å². The Morgan fingerprint density at radius 1 is 1.07 bits per heavy atom. The van der Waals surface area contributed by atoms with Crippen molar-refractivity contribution in [3.05, 3.63) is 34.4 Å². The normalized spacial score (nSPS) is 13.5. The van der Waals surface area contributed by atoms with E-state index in [-0.39, 0.29) is 0 Å². The topological polar surface area (TPSA) is 12.0 Å². The van der Waals surface area contributed by atoms with E-state index in [4.69, 9.17) is 0 Å². The number of nitrogens with one attached hydrogen (secondary N) is 1. The molecular weight excluding hydrogens is 182 g/mol. The van der Waals surface area contributed by atoms with Crippen LogP contribution in [0.3, 0.4) is 0 Å². The third-order valence-corrected chi connectivity index (χ3v) is 2.84. The fraction of sp³-hybridized carbons (Fsp3) is 0.571. The summed E-state index contributed by atoms with van der Waals surface area (Å²) in [4.78, 5) is 0. The lowest BCUT2D eigenvalue weighted by Crippen LogP contribution is -1.99. The minimum absolute atomic E-state index is 0.644. The Morgan fingerprint density at radius 3 is 2.13 bits per heavy atom. The van der Waals surface area contributed by atoms with Crippen LogP contribution in [0.5, 0.6) is 0 Å². The van der Waals surface area contributed by atoms with Crippen LogP contribution in [-0.2, 0) is 13.1 Å². The second-order valence-electron chi connectivity index (χ2n) is 4.24. The molecule has 0 saturated carbocycles. The van der Waals surface area contributed by atoms with Gasteiger partial charge in [-0.25, -0.2) is 0 Å². The molecule has 0 atom stereocenters. The maximum atomic E-state index is 3.38. The molecule has 84 valence electrons. The van der Waals surface area contributed by atoms with Gasteiger partial charge in [-0.2, -0.15) is 0 Å². The van der Waals surface area contributed by atoms with E-state index in [0.717, 1.165) is 13.1 Å². The molecule has 1 heterocycles. The quantitative estimate of drug-likeness (QED) is 0.736. The van der Waals surface area contributed by atoms with E-state index in [1.54, 1.807) is 0 Å². The zero-order valence-corrected chi connectivity index (χ0v) is 10.6. The lowest BCUT2D eigenvalue weighted by atomic mass is 9.94. The van der Waals surface area contributed by atoms with E-state index in [2.05, 4.69) is 38.2 Å². The van der Waals surface area contributed by atoms with Gasteiger partial charge in [-0.3, -0.25) is 0 Å². The molecule has 1 heteroatoms. The van der Waals surface area contributed by atoms with E-state index < -0.39 is 0 Å². The summed E-state index contributed by atoms with van der Waals surface area (Å²) in [5.74, 6) is 0.644. The van der Waals surface area contributed by atoms with Crippen LogP contribution < -0.4 is 5.32 Å². The summed E-state index contributed by atoms with van der Waals surface area (Å²) in [7, 11) is 0. The van der Waals surface area contributed by atoms with Gasteiger partial charge < -0.3 is 5.32 Å². The predicted molar refractivity (Wildman–Crippen MR) is 67.2 cm³/mol. The Kier molecular flexibility index (Phi) is 4.34. The van der Waals surface area contributed by atoms with Crippen LogP contribution in [0.15, 0.2) is 12.1 Å². The van der Waals surface area contributed by atoms with Gasteiger partial charge in [-0.1, -0.05) is 39.8 Å². The monoisotopic (exact) mass is 205 g/mol. The molecule has 0 amide bonds. The van der Waals surface area contributed by atoms with Crippen molar-refractivity contribution in [2.45, 2.75) is 53.6 Å². The van der Waals surface area contributed by atoms with Crippen LogP contribution in [0, 0.1) is 6.92 Å². The first-order valence-corrected chi connectivity index (χ1v) is 6.01. The van der Waals surface area contributed by atoms with Crippen molar-refractivity contribution < 1.29 is 0 Å². The van der Waals surface area contributed by atoms with E-state index >= 15 is 0 Å². The fourth-order valence-corrected chi connectivity index (χ4v) is 2.11. The average Bonchev–Trinajstić information content (AvgIpc) is 2.66. The van der Waals surface area contributed by atoms with Gasteiger partial charge in [0.2, 0.25) is 0 Å². The molecule has 0 aromatic heterocycles. The van der Waals surface area contributed by atoms with Gasteiger partial charge in [0.1, 0.15) is 0 Å². The van der Waals surface area contributed by atoms with Crippen LogP contribution >= 0.6 is 0 Å². The summed E-state index contributed by atoms with van der Waals surface area (Å²) in [6, 6.07) is 4.71. The molecule has 1 aromatic rings. The molecule has 0 saturated heterocycles. The number of benzene rings is 1. The molecule has 0 radical (unpaired) electrons. The standard InChI is InChI=1S/C12H17N.C2H6/c1-8(2)12-5-11-7-13-6-10(11)4-9(12)3;1-2/h4-5,8,13H,6-7H2,1-3H3;1-2H3. The highest BCUT2D eigenvalue weighted by Crippen LogP contribution is 2.25. The first-order valence-electron chi connectivity index (χ1n) is 6.01. The van der Waals surface area contributed by atoms with Crippen molar-refractivity contribution in [2.75, 3.05) is 0 Å². The fourth-order valence-electron chi connectivity index (χ4n) is 2.11. The summed E-state index contributed by atoms with van der Waals surface area (Å²) in [6.45, 7) is 12.8. The van der Waals surface area contributed by atoms with Crippen LogP contribution in [0.25, 0.3) is 0 Å². The minimum Gasteiger partial charge on any atom is -0.309 e. The molecule has 2 rings (SSSR count). The molecule has 1 aliphatic heterocycles. The van der Waals surface area contributed by atoms with Gasteiger partial charge >= 0.3 is 0 Å². The van der Waals surface area contributed by atoms with Crippen molar-refractivity contribution in [1.82, 2.24) is 5.32 Å². The van der Waals surface area contributed by atoms with Gasteiger partial charge in [0.15, 0.2) is 0 Å². The van der Waals surface area contributed by atoms with Crippen molar-refractivity contribution in [2.24, 2.45) is 0 Å². The molecule has 0 unspecified atom stereocenters. The Labute approximate surface area is 93.9 Å². The van der Waals surface area contributed by atoms with Gasteiger partial charge in [0, 0.05) is 13.1 Å². The van der Waals surface area contributed by atoms with Crippen molar-refractivity contribution in [1.29, 1.82) is 0 Å². The molecule has 0 fully saturated rings. The van der Waals surface area contributed by atoms with E-state index in [1.807, 2.05) is 13.8 Å². The van der Waals surface area contributed by atoms with Gasteiger partial charge in [-0.15, -0.1) is 0 Å². The third-order valence-electron chi connectivity index (χ3n) is 2.84. The molecular formula is C14H23N. The smallest absolute Gasteiger partial charge is 0.0212 e. The molecule has 1 N–H and O–H groups in total. The Bertz CT molecular complexity index is 326. The number of hydrogen-bond donors (Lipinski definition) is 1. The van der Waals surface area contributed by atoms with Crippen molar-refractivity contribution >= 4 is 0 Å². The molecule has 15 heavy (non-hydrogen) atoms. The Hall–Kier alpha value is -0.820. The largest absolute Gasteiger partial charge is 0.309 e. The summed E-state index contributed by atoms with van der Waals surface area (Å²) < 4.78 is 0. The SMILES string of the molecule is CC.Cc1cc2c(cc1C(C)C)CNC2. The minimum atomic E-state index is 0.644. The summed E-state index contributed by atoms with van der Waals surface area (Å²) >= 11 is 0. The van der Waals surface area contributed by atoms with Gasteiger partial charge in [0.05, 0.1) is 0 Å². The second kappa shape index (κ2) is 5.32. The maximum Gasteiger partial charge on any atom is 0.0212 e. The number of aryl methyl sites for hydroxylation is 1. The average molecular weight is 205 g/mol. The summed E-state index contributed by atoms with van der Waals surface area (Å²) in [5, 5.41) is 3.38. The molecule has 0 spiro atoms. The maximum absolute atomic E-state index is 3.38. The van der Waals surface area contributed by atoms with Crippen molar-refractivity contribution in [3.63, 3.8) is 0 Å². The lowest BCUT2D eigenvalue weighted by Gasteiger charge is -2.11. The second-order valence-corrected chi connectivity index (χ2v) is 4.24. The Balaban J connectivity index is 0.000000531. The van der Waals surface area contributed by atoms with Crippen molar-refractivity contribution in [3.8, 4) is 0 Å².